The lowest BCUT2D eigenvalue weighted by molar-refractivity contribution is 0.432. The Kier molecular flexibility index (Phi) is 3.12. The molecule has 0 aliphatic rings. The van der Waals surface area contributed by atoms with E-state index in [0.717, 1.165) is 19.8 Å². The number of aryl methyl sites for hydroxylation is 1. The molecule has 19 heavy (non-hydrogen) atoms. The van der Waals surface area contributed by atoms with E-state index in [0.29, 0.717) is 17.4 Å². The minimum Gasteiger partial charge on any atom is -0.398 e. The van der Waals surface area contributed by atoms with Gasteiger partial charge in [-0.3, -0.25) is 0 Å². The van der Waals surface area contributed by atoms with E-state index in [1.54, 1.807) is 11.3 Å². The molecule has 0 aliphatic heterocycles. The van der Waals surface area contributed by atoms with Crippen LogP contribution in [0.4, 0.5) is 5.69 Å². The lowest BCUT2D eigenvalue weighted by atomic mass is 10.1. The van der Waals surface area contributed by atoms with Crippen molar-refractivity contribution < 1.29 is 4.52 Å². The van der Waals surface area contributed by atoms with Gasteiger partial charge in [-0.05, 0) is 47.1 Å². The van der Waals surface area contributed by atoms with E-state index >= 15 is 0 Å². The first kappa shape index (κ1) is 12.4. The van der Waals surface area contributed by atoms with Crippen LogP contribution in [0.5, 0.6) is 0 Å². The summed E-state index contributed by atoms with van der Waals surface area (Å²) in [6.07, 6.45) is 0. The second-order valence-electron chi connectivity index (χ2n) is 4.12. The topological polar surface area (TPSA) is 64.9 Å². The summed E-state index contributed by atoms with van der Waals surface area (Å²) >= 11 is 4.97. The van der Waals surface area contributed by atoms with Crippen LogP contribution in [0.3, 0.4) is 0 Å². The van der Waals surface area contributed by atoms with Crippen molar-refractivity contribution in [2.45, 2.75) is 6.92 Å². The summed E-state index contributed by atoms with van der Waals surface area (Å²) in [5, 5.41) is 3.99. The van der Waals surface area contributed by atoms with Gasteiger partial charge in [0.1, 0.15) is 0 Å². The van der Waals surface area contributed by atoms with E-state index in [2.05, 4.69) is 26.1 Å². The highest BCUT2D eigenvalue weighted by Gasteiger charge is 2.14. The van der Waals surface area contributed by atoms with Crippen LogP contribution in [-0.4, -0.2) is 10.1 Å². The number of hydrogen-bond donors (Lipinski definition) is 1. The fraction of sp³-hybridized carbons (Fsp3) is 0.0769. The summed E-state index contributed by atoms with van der Waals surface area (Å²) in [5.74, 6) is 1.02. The predicted molar refractivity (Wildman–Crippen MR) is 79.9 cm³/mol. The molecule has 0 bridgehead atoms. The van der Waals surface area contributed by atoms with Crippen molar-refractivity contribution in [1.82, 2.24) is 10.1 Å². The molecule has 3 rings (SSSR count). The normalized spacial score (nSPS) is 10.8. The molecule has 0 aliphatic carbocycles. The van der Waals surface area contributed by atoms with Crippen molar-refractivity contribution in [3.8, 4) is 22.2 Å². The largest absolute Gasteiger partial charge is 0.398 e. The standard InChI is InChI=1S/C13H10BrN3OS/c1-7-2-3-9(15)8(6-7)13-16-12(17-18-13)10-4-5-11(14)19-10/h2-6H,15H2,1H3. The van der Waals surface area contributed by atoms with Crippen LogP contribution >= 0.6 is 27.3 Å². The van der Waals surface area contributed by atoms with Crippen LogP contribution in [0.25, 0.3) is 22.2 Å². The number of hydrogen-bond acceptors (Lipinski definition) is 5. The Labute approximate surface area is 122 Å². The monoisotopic (exact) mass is 335 g/mol. The highest BCUT2D eigenvalue weighted by Crippen LogP contribution is 2.32. The number of thiophene rings is 1. The van der Waals surface area contributed by atoms with Gasteiger partial charge in [-0.1, -0.05) is 16.8 Å². The summed E-state index contributed by atoms with van der Waals surface area (Å²) in [5.41, 5.74) is 8.45. The van der Waals surface area contributed by atoms with Gasteiger partial charge < -0.3 is 10.3 Å². The van der Waals surface area contributed by atoms with Gasteiger partial charge in [0, 0.05) is 5.69 Å². The van der Waals surface area contributed by atoms with Gasteiger partial charge in [0.15, 0.2) is 0 Å². The molecule has 0 saturated heterocycles. The van der Waals surface area contributed by atoms with Crippen molar-refractivity contribution in [3.63, 3.8) is 0 Å². The molecule has 6 heteroatoms. The number of benzene rings is 1. The zero-order valence-corrected chi connectivity index (χ0v) is 12.5. The Morgan fingerprint density at radius 3 is 2.84 bits per heavy atom. The minimum absolute atomic E-state index is 0.445. The van der Waals surface area contributed by atoms with Crippen molar-refractivity contribution >= 4 is 33.0 Å². The lowest BCUT2D eigenvalue weighted by Gasteiger charge is -2.01. The van der Waals surface area contributed by atoms with Gasteiger partial charge in [-0.2, -0.15) is 4.98 Å². The molecular formula is C13H10BrN3OS. The van der Waals surface area contributed by atoms with Crippen molar-refractivity contribution in [3.05, 3.63) is 39.7 Å². The molecule has 0 unspecified atom stereocenters. The van der Waals surface area contributed by atoms with Gasteiger partial charge in [-0.25, -0.2) is 0 Å². The van der Waals surface area contributed by atoms with E-state index < -0.39 is 0 Å². The molecule has 0 saturated carbocycles. The molecule has 0 amide bonds. The molecule has 0 spiro atoms. The van der Waals surface area contributed by atoms with Crippen LogP contribution in [0.1, 0.15) is 5.56 Å². The number of nitrogen functional groups attached to an aromatic ring is 1. The molecule has 2 N–H and O–H groups in total. The summed E-state index contributed by atoms with van der Waals surface area (Å²) in [7, 11) is 0. The Hall–Kier alpha value is -1.66. The molecule has 0 fully saturated rings. The highest BCUT2D eigenvalue weighted by molar-refractivity contribution is 9.11. The van der Waals surface area contributed by atoms with Crippen LogP contribution in [0, 0.1) is 6.92 Å². The maximum absolute atomic E-state index is 5.94. The Balaban J connectivity index is 2.03. The fourth-order valence-electron chi connectivity index (χ4n) is 1.72. The van der Waals surface area contributed by atoms with Crippen molar-refractivity contribution in [2.75, 3.05) is 5.73 Å². The average Bonchev–Trinajstić information content (AvgIpc) is 3.00. The molecule has 2 aromatic heterocycles. The zero-order valence-electron chi connectivity index (χ0n) is 10.1. The molecular weight excluding hydrogens is 326 g/mol. The summed E-state index contributed by atoms with van der Waals surface area (Å²) in [4.78, 5) is 5.35. The SMILES string of the molecule is Cc1ccc(N)c(-c2nc(-c3ccc(Br)s3)no2)c1. The maximum atomic E-state index is 5.94. The second kappa shape index (κ2) is 4.79. The smallest absolute Gasteiger partial charge is 0.260 e. The van der Waals surface area contributed by atoms with E-state index in [1.807, 2.05) is 37.3 Å². The predicted octanol–water partition coefficient (Wildman–Crippen LogP) is 4.12. The lowest BCUT2D eigenvalue weighted by Crippen LogP contribution is -1.90. The summed E-state index contributed by atoms with van der Waals surface area (Å²) in [6.45, 7) is 2.00. The first-order valence-electron chi connectivity index (χ1n) is 5.59. The van der Waals surface area contributed by atoms with E-state index in [-0.39, 0.29) is 0 Å². The van der Waals surface area contributed by atoms with Gasteiger partial charge in [0.05, 0.1) is 14.2 Å². The third kappa shape index (κ3) is 2.41. The first-order valence-corrected chi connectivity index (χ1v) is 7.20. The van der Waals surface area contributed by atoms with Gasteiger partial charge in [0.25, 0.3) is 5.89 Å². The second-order valence-corrected chi connectivity index (χ2v) is 6.58. The average molecular weight is 336 g/mol. The van der Waals surface area contributed by atoms with Gasteiger partial charge >= 0.3 is 0 Å². The van der Waals surface area contributed by atoms with Crippen LogP contribution in [0.2, 0.25) is 0 Å². The molecule has 1 aromatic carbocycles. The Morgan fingerprint density at radius 1 is 1.26 bits per heavy atom. The van der Waals surface area contributed by atoms with Crippen LogP contribution < -0.4 is 5.73 Å². The molecule has 0 radical (unpaired) electrons. The molecule has 3 aromatic rings. The number of aromatic nitrogens is 2. The Morgan fingerprint density at radius 2 is 2.11 bits per heavy atom. The van der Waals surface area contributed by atoms with Crippen LogP contribution in [-0.2, 0) is 0 Å². The highest BCUT2D eigenvalue weighted by atomic mass is 79.9. The molecule has 0 atom stereocenters. The fourth-order valence-corrected chi connectivity index (χ4v) is 3.03. The minimum atomic E-state index is 0.445. The number of nitrogens with zero attached hydrogens (tertiary/aromatic N) is 2. The van der Waals surface area contributed by atoms with Crippen LogP contribution in [0.15, 0.2) is 38.6 Å². The molecule has 4 nitrogen and oxygen atoms in total. The third-order valence-electron chi connectivity index (χ3n) is 2.66. The Bertz CT molecular complexity index is 735. The summed E-state index contributed by atoms with van der Waals surface area (Å²) < 4.78 is 6.33. The first-order chi connectivity index (χ1) is 9.13. The number of halogens is 1. The van der Waals surface area contributed by atoms with E-state index in [4.69, 9.17) is 10.3 Å². The molecule has 96 valence electrons. The van der Waals surface area contributed by atoms with Crippen molar-refractivity contribution in [1.29, 1.82) is 0 Å². The molecule has 2 heterocycles. The van der Waals surface area contributed by atoms with E-state index in [9.17, 15) is 0 Å². The third-order valence-corrected chi connectivity index (χ3v) is 4.28. The number of anilines is 1. The number of rotatable bonds is 2. The van der Waals surface area contributed by atoms with Gasteiger partial charge in [0.2, 0.25) is 5.82 Å². The van der Waals surface area contributed by atoms with Crippen molar-refractivity contribution in [2.24, 2.45) is 0 Å². The zero-order chi connectivity index (χ0) is 13.4. The maximum Gasteiger partial charge on any atom is 0.260 e. The van der Waals surface area contributed by atoms with E-state index in [1.165, 1.54) is 0 Å². The summed E-state index contributed by atoms with van der Waals surface area (Å²) in [6, 6.07) is 9.64. The quantitative estimate of drug-likeness (QED) is 0.715. The number of nitrogens with two attached hydrogens (primary N) is 1. The van der Waals surface area contributed by atoms with Gasteiger partial charge in [-0.15, -0.1) is 11.3 Å².